The van der Waals surface area contributed by atoms with Crippen molar-refractivity contribution in [2.75, 3.05) is 0 Å². The second-order valence-corrected chi connectivity index (χ2v) is 17.3. The van der Waals surface area contributed by atoms with E-state index >= 15 is 0 Å². The summed E-state index contributed by atoms with van der Waals surface area (Å²) in [6.45, 7) is 23.5. The first-order chi connectivity index (χ1) is 26.8. The van der Waals surface area contributed by atoms with Crippen molar-refractivity contribution in [3.05, 3.63) is 174 Å². The topological polar surface area (TPSA) is 0 Å². The first kappa shape index (κ1) is 51.1. The first-order valence-electron chi connectivity index (χ1n) is 20.5. The summed E-state index contributed by atoms with van der Waals surface area (Å²) in [4.78, 5) is 0. The third kappa shape index (κ3) is 13.2. The van der Waals surface area contributed by atoms with Gasteiger partial charge in [0.25, 0.3) is 0 Å². The van der Waals surface area contributed by atoms with Crippen LogP contribution in [-0.2, 0) is 41.5 Å². The van der Waals surface area contributed by atoms with Gasteiger partial charge in [0.15, 0.2) is 0 Å². The molecule has 3 aliphatic rings. The molecular formula is C55H66Cl2Zr-4. The molecule has 5 aromatic rings. The van der Waals surface area contributed by atoms with E-state index in [-0.39, 0.29) is 35.6 Å². The first-order valence-corrected chi connectivity index (χ1v) is 22.2. The van der Waals surface area contributed by atoms with Crippen LogP contribution in [0.25, 0.3) is 33.4 Å². The average molecular weight is 889 g/mol. The van der Waals surface area contributed by atoms with Gasteiger partial charge in [0.1, 0.15) is 0 Å². The number of hydrogen-bond donors (Lipinski definition) is 0. The van der Waals surface area contributed by atoms with Crippen molar-refractivity contribution in [3.63, 3.8) is 0 Å². The van der Waals surface area contributed by atoms with Gasteiger partial charge in [-0.25, -0.2) is 6.08 Å². The molecule has 8 rings (SSSR count). The average Bonchev–Trinajstić information content (AvgIpc) is 3.83. The van der Waals surface area contributed by atoms with Crippen LogP contribution in [0.5, 0.6) is 0 Å². The molecule has 3 heteroatoms. The number of rotatable bonds is 3. The van der Waals surface area contributed by atoms with Gasteiger partial charge in [0.2, 0.25) is 0 Å². The van der Waals surface area contributed by atoms with E-state index < -0.39 is 0 Å². The Labute approximate surface area is 381 Å². The fourth-order valence-electron chi connectivity index (χ4n) is 8.03. The molecule has 0 aromatic heterocycles. The zero-order valence-corrected chi connectivity index (χ0v) is 40.7. The van der Waals surface area contributed by atoms with Crippen molar-refractivity contribution >= 4 is 29.0 Å². The van der Waals surface area contributed by atoms with Gasteiger partial charge in [-0.15, -0.1) is 53.6 Å². The van der Waals surface area contributed by atoms with Crippen molar-refractivity contribution in [2.45, 2.75) is 112 Å². The Hall–Kier alpha value is -3.09. The maximum absolute atomic E-state index is 3.88. The molecule has 5 aromatic carbocycles. The molecule has 0 N–H and O–H groups in total. The van der Waals surface area contributed by atoms with Gasteiger partial charge in [-0.05, 0) is 39.5 Å². The van der Waals surface area contributed by atoms with Gasteiger partial charge < -0.3 is 6.92 Å². The number of benzene rings is 5. The molecule has 0 heterocycles. The summed E-state index contributed by atoms with van der Waals surface area (Å²) in [7, 11) is 0. The SMILES string of the molecule is CC(C)(C)c1cc2c([c-]c1-c1ccccc1)Cc1cc(-c3ccccc3)c(C(C)(C)C)cc1-2.CC1[C-]=CC(C2(C)CCCCC2)=C1.Cl.Cl.[CH2-]C.[CH2]=[Zr].[c-]1ccccc1. The Kier molecular flexibility index (Phi) is 20.8. The van der Waals surface area contributed by atoms with E-state index in [2.05, 4.69) is 176 Å². The molecule has 0 aliphatic heterocycles. The van der Waals surface area contributed by atoms with Gasteiger partial charge in [0.05, 0.1) is 0 Å². The van der Waals surface area contributed by atoms with Crippen molar-refractivity contribution < 1.29 is 24.2 Å². The van der Waals surface area contributed by atoms with Crippen LogP contribution in [0, 0.1) is 36.5 Å². The smallest absolute Gasteiger partial charge is 0.171 e. The van der Waals surface area contributed by atoms with E-state index in [0.717, 1.165) is 6.42 Å². The van der Waals surface area contributed by atoms with Crippen LogP contribution in [0.3, 0.4) is 0 Å². The van der Waals surface area contributed by atoms with E-state index in [4.69, 9.17) is 0 Å². The summed E-state index contributed by atoms with van der Waals surface area (Å²) < 4.78 is 3.34. The van der Waals surface area contributed by atoms with E-state index in [1.165, 1.54) is 112 Å². The molecule has 1 fully saturated rings. The zero-order chi connectivity index (χ0) is 40.9. The number of hydrogen-bond acceptors (Lipinski definition) is 0. The van der Waals surface area contributed by atoms with Crippen molar-refractivity contribution in [1.29, 1.82) is 0 Å². The van der Waals surface area contributed by atoms with E-state index in [1.54, 1.807) is 12.5 Å². The van der Waals surface area contributed by atoms with Crippen LogP contribution in [0.4, 0.5) is 0 Å². The Morgan fingerprint density at radius 1 is 0.672 bits per heavy atom. The zero-order valence-electron chi connectivity index (χ0n) is 36.6. The third-order valence-electron chi connectivity index (χ3n) is 11.0. The normalized spacial score (nSPS) is 15.5. The molecule has 308 valence electrons. The van der Waals surface area contributed by atoms with Crippen LogP contribution in [0.15, 0.2) is 127 Å². The standard InChI is InChI=1S/C33H33.C13H19.C6H5.C2H5.CH2.2ClH.Zr/c1-32(2,3)30-20-26-24(18-28(30)22-13-9-7-10-14-22)17-25-19-29(23-15-11-8-12-16-23)31(21-27(25)26)33(4,5)6;1-11-6-7-12(10-11)13(2)8-4-3-5-9-13;1-2-4-6-5-3-1;1-2;;;;/h7-16,18,20-21H,17H2,1-6H3;7,10-11H,3-5,8-9H2,1-2H3;1-5H;1H2,2H3;1H2;2*1H;/q4*-1;;;;. The molecule has 0 nitrogen and oxygen atoms in total. The predicted octanol–water partition coefficient (Wildman–Crippen LogP) is 16.0. The summed E-state index contributed by atoms with van der Waals surface area (Å²) in [5.41, 5.74) is 15.5. The summed E-state index contributed by atoms with van der Waals surface area (Å²) in [6, 6.07) is 45.3. The molecule has 0 radical (unpaired) electrons. The predicted molar refractivity (Wildman–Crippen MR) is 256 cm³/mol. The molecule has 3 aliphatic carbocycles. The van der Waals surface area contributed by atoms with Crippen molar-refractivity contribution in [3.8, 4) is 33.4 Å². The molecule has 0 saturated heterocycles. The molecule has 1 saturated carbocycles. The summed E-state index contributed by atoms with van der Waals surface area (Å²) in [5, 5.41) is 0. The molecule has 1 unspecified atom stereocenters. The Balaban J connectivity index is 0.000000382. The number of halogens is 2. The molecule has 58 heavy (non-hydrogen) atoms. The third-order valence-corrected chi connectivity index (χ3v) is 11.0. The van der Waals surface area contributed by atoms with Crippen LogP contribution in [0.1, 0.15) is 117 Å². The number of fused-ring (bicyclic) bond motifs is 3. The van der Waals surface area contributed by atoms with E-state index in [0.29, 0.717) is 11.3 Å². The Morgan fingerprint density at radius 3 is 1.66 bits per heavy atom. The molecular weight excluding hydrogens is 823 g/mol. The monoisotopic (exact) mass is 886 g/mol. The molecule has 0 spiro atoms. The van der Waals surface area contributed by atoms with Crippen LogP contribution in [-0.4, -0.2) is 4.21 Å². The summed E-state index contributed by atoms with van der Waals surface area (Å²) in [5.74, 6) is 0.550. The maximum atomic E-state index is 3.88. The molecule has 1 atom stereocenters. The van der Waals surface area contributed by atoms with Crippen LogP contribution < -0.4 is 0 Å². The Morgan fingerprint density at radius 2 is 1.19 bits per heavy atom. The van der Waals surface area contributed by atoms with Crippen LogP contribution >= 0.6 is 24.8 Å². The van der Waals surface area contributed by atoms with E-state index in [9.17, 15) is 0 Å². The molecule has 0 bridgehead atoms. The second-order valence-electron chi connectivity index (χ2n) is 17.3. The summed E-state index contributed by atoms with van der Waals surface area (Å²) >= 11 is 1.30. The minimum Gasteiger partial charge on any atom is -0.184 e. The van der Waals surface area contributed by atoms with Crippen molar-refractivity contribution in [2.24, 2.45) is 11.3 Å². The quantitative estimate of drug-likeness (QED) is 0.155. The van der Waals surface area contributed by atoms with Gasteiger partial charge >= 0.3 is 28.4 Å². The van der Waals surface area contributed by atoms with Gasteiger partial charge in [-0.3, -0.25) is 6.08 Å². The largest absolute Gasteiger partial charge is 0.184 e. The number of allylic oxidation sites excluding steroid dienone is 4. The van der Waals surface area contributed by atoms with Gasteiger partial charge in [-0.1, -0.05) is 188 Å². The van der Waals surface area contributed by atoms with Crippen molar-refractivity contribution in [1.82, 2.24) is 0 Å². The second kappa shape index (κ2) is 23.6. The summed E-state index contributed by atoms with van der Waals surface area (Å²) in [6.07, 6.45) is 16.0. The fourth-order valence-corrected chi connectivity index (χ4v) is 8.03. The maximum Gasteiger partial charge on any atom is -0.171 e. The minimum atomic E-state index is 0. The van der Waals surface area contributed by atoms with Gasteiger partial charge in [-0.2, -0.15) is 55.0 Å². The van der Waals surface area contributed by atoms with E-state index in [1.807, 2.05) is 30.3 Å². The Bertz CT molecular complexity index is 1890. The van der Waals surface area contributed by atoms with Gasteiger partial charge in [0, 0.05) is 0 Å². The molecule has 0 amide bonds. The van der Waals surface area contributed by atoms with Crippen LogP contribution in [0.2, 0.25) is 0 Å². The fraction of sp³-hybridized carbons (Fsp3) is 0.345. The minimum absolute atomic E-state index is 0.